The Hall–Kier alpha value is -0.530. The van der Waals surface area contributed by atoms with Gasteiger partial charge in [-0.2, -0.15) is 0 Å². The summed E-state index contributed by atoms with van der Waals surface area (Å²) in [5, 5.41) is 0. The van der Waals surface area contributed by atoms with Gasteiger partial charge in [-0.3, -0.25) is 4.79 Å². The lowest BCUT2D eigenvalue weighted by Crippen LogP contribution is -2.51. The maximum atomic E-state index is 11.8. The highest BCUT2D eigenvalue weighted by Crippen LogP contribution is 2.62. The van der Waals surface area contributed by atoms with Gasteiger partial charge in [0.25, 0.3) is 0 Å². The van der Waals surface area contributed by atoms with Crippen LogP contribution in [0.25, 0.3) is 0 Å². The third-order valence-electron chi connectivity index (χ3n) is 6.08. The molecule has 2 aliphatic carbocycles. The second-order valence-corrected chi connectivity index (χ2v) is 7.32. The Labute approximate surface area is 104 Å². The summed E-state index contributed by atoms with van der Waals surface area (Å²) in [6, 6.07) is 0. The van der Waals surface area contributed by atoms with Gasteiger partial charge in [0, 0.05) is 5.92 Å². The minimum Gasteiger partial charge on any atom is -0.465 e. The number of hydrogen-bond donors (Lipinski definition) is 0. The van der Waals surface area contributed by atoms with Crippen molar-refractivity contribution in [1.29, 1.82) is 0 Å². The number of esters is 1. The van der Waals surface area contributed by atoms with Crippen molar-refractivity contribution in [2.45, 2.75) is 52.9 Å². The fourth-order valence-electron chi connectivity index (χ4n) is 5.20. The van der Waals surface area contributed by atoms with Crippen molar-refractivity contribution in [1.82, 2.24) is 0 Å². The maximum absolute atomic E-state index is 11.8. The molecule has 3 fully saturated rings. The second kappa shape index (κ2) is 3.49. The summed E-state index contributed by atoms with van der Waals surface area (Å²) in [7, 11) is 0. The number of fused-ring (bicyclic) bond motifs is 3. The van der Waals surface area contributed by atoms with E-state index in [1.54, 1.807) is 0 Å². The van der Waals surface area contributed by atoms with Crippen molar-refractivity contribution in [2.24, 2.45) is 28.6 Å². The van der Waals surface area contributed by atoms with Gasteiger partial charge in [0.15, 0.2) is 0 Å². The van der Waals surface area contributed by atoms with Gasteiger partial charge in [-0.1, -0.05) is 27.2 Å². The predicted molar refractivity (Wildman–Crippen MR) is 66.4 cm³/mol. The molecule has 96 valence electrons. The summed E-state index contributed by atoms with van der Waals surface area (Å²) in [5.74, 6) is 1.57. The maximum Gasteiger partial charge on any atom is 0.309 e. The normalized spacial score (nSPS) is 48.2. The lowest BCUT2D eigenvalue weighted by Gasteiger charge is -2.57. The molecule has 1 heterocycles. The molecular formula is C15H24O2. The van der Waals surface area contributed by atoms with E-state index in [-0.39, 0.29) is 11.9 Å². The largest absolute Gasteiger partial charge is 0.465 e. The molecule has 2 saturated carbocycles. The fourth-order valence-corrected chi connectivity index (χ4v) is 5.20. The molecule has 2 nitrogen and oxygen atoms in total. The third kappa shape index (κ3) is 1.49. The zero-order valence-corrected chi connectivity index (χ0v) is 11.3. The van der Waals surface area contributed by atoms with E-state index in [4.69, 9.17) is 4.74 Å². The van der Waals surface area contributed by atoms with E-state index in [9.17, 15) is 4.79 Å². The second-order valence-electron chi connectivity index (χ2n) is 7.32. The molecule has 17 heavy (non-hydrogen) atoms. The molecule has 2 heteroatoms. The minimum atomic E-state index is 0.0815. The van der Waals surface area contributed by atoms with Crippen LogP contribution in [-0.2, 0) is 9.53 Å². The molecule has 3 rings (SSSR count). The van der Waals surface area contributed by atoms with Crippen molar-refractivity contribution in [3.05, 3.63) is 0 Å². The average Bonchev–Trinajstić information content (AvgIpc) is 2.60. The van der Waals surface area contributed by atoms with E-state index in [1.165, 1.54) is 25.7 Å². The lowest BCUT2D eigenvalue weighted by molar-refractivity contribution is -0.143. The molecule has 0 aromatic heterocycles. The Balaban J connectivity index is 1.95. The first-order chi connectivity index (χ1) is 7.95. The zero-order chi connectivity index (χ0) is 12.3. The quantitative estimate of drug-likeness (QED) is 0.602. The van der Waals surface area contributed by atoms with Crippen LogP contribution in [0.2, 0.25) is 0 Å². The highest BCUT2D eigenvalue weighted by molar-refractivity contribution is 5.75. The van der Waals surface area contributed by atoms with Crippen LogP contribution in [-0.4, -0.2) is 12.6 Å². The number of carbonyl (C=O) groups excluding carboxylic acids is 1. The van der Waals surface area contributed by atoms with Gasteiger partial charge in [0.05, 0.1) is 12.5 Å². The van der Waals surface area contributed by atoms with Crippen LogP contribution in [0.5, 0.6) is 0 Å². The van der Waals surface area contributed by atoms with E-state index in [2.05, 4.69) is 20.8 Å². The molecule has 4 atom stereocenters. The summed E-state index contributed by atoms with van der Waals surface area (Å²) >= 11 is 0. The molecule has 0 aromatic carbocycles. The van der Waals surface area contributed by atoms with Gasteiger partial charge < -0.3 is 4.74 Å². The third-order valence-corrected chi connectivity index (χ3v) is 6.08. The van der Waals surface area contributed by atoms with Crippen LogP contribution >= 0.6 is 0 Å². The first kappa shape index (κ1) is 11.6. The first-order valence-electron chi connectivity index (χ1n) is 7.12. The van der Waals surface area contributed by atoms with Gasteiger partial charge in [-0.05, 0) is 42.4 Å². The van der Waals surface area contributed by atoms with E-state index in [0.717, 1.165) is 12.3 Å². The molecule has 0 amide bonds. The zero-order valence-electron chi connectivity index (χ0n) is 11.3. The van der Waals surface area contributed by atoms with Crippen molar-refractivity contribution >= 4 is 5.97 Å². The van der Waals surface area contributed by atoms with Gasteiger partial charge in [-0.25, -0.2) is 0 Å². The highest BCUT2D eigenvalue weighted by atomic mass is 16.5. The number of carbonyl (C=O) groups is 1. The molecule has 3 aliphatic rings. The van der Waals surface area contributed by atoms with Crippen molar-refractivity contribution in [3.63, 3.8) is 0 Å². The lowest BCUT2D eigenvalue weighted by atomic mass is 9.47. The van der Waals surface area contributed by atoms with E-state index < -0.39 is 0 Å². The van der Waals surface area contributed by atoms with Crippen molar-refractivity contribution < 1.29 is 9.53 Å². The number of hydrogen-bond acceptors (Lipinski definition) is 2. The molecule has 0 radical (unpaired) electrons. The van der Waals surface area contributed by atoms with Gasteiger partial charge in [0.1, 0.15) is 0 Å². The summed E-state index contributed by atoms with van der Waals surface area (Å²) in [6.07, 6.45) is 6.24. The summed E-state index contributed by atoms with van der Waals surface area (Å²) in [6.45, 7) is 7.96. The molecule has 1 aliphatic heterocycles. The highest BCUT2D eigenvalue weighted by Gasteiger charge is 2.58. The average molecular weight is 236 g/mol. The Morgan fingerprint density at radius 2 is 1.94 bits per heavy atom. The fraction of sp³-hybridized carbons (Fsp3) is 0.933. The first-order valence-corrected chi connectivity index (χ1v) is 7.12. The van der Waals surface area contributed by atoms with Crippen LogP contribution in [0, 0.1) is 28.6 Å². The van der Waals surface area contributed by atoms with Gasteiger partial charge in [0.2, 0.25) is 0 Å². The predicted octanol–water partition coefficient (Wildman–Crippen LogP) is 3.40. The summed E-state index contributed by atoms with van der Waals surface area (Å²) < 4.78 is 5.34. The molecule has 0 spiro atoms. The molecule has 1 unspecified atom stereocenters. The van der Waals surface area contributed by atoms with Crippen LogP contribution in [0.3, 0.4) is 0 Å². The van der Waals surface area contributed by atoms with Crippen LogP contribution < -0.4 is 0 Å². The standard InChI is InChI=1S/C15H24O2/c1-14(2)7-4-8-15(3)11-9-17-13(16)10(11)5-6-12(14)15/h10-12H,4-9H2,1-3H3/t10-,11-,12?,15+/m0/s1. The van der Waals surface area contributed by atoms with E-state index in [1.807, 2.05) is 0 Å². The van der Waals surface area contributed by atoms with Gasteiger partial charge >= 0.3 is 5.97 Å². The van der Waals surface area contributed by atoms with Crippen LogP contribution in [0.1, 0.15) is 52.9 Å². The summed E-state index contributed by atoms with van der Waals surface area (Å²) in [5.41, 5.74) is 0.792. The van der Waals surface area contributed by atoms with E-state index in [0.29, 0.717) is 23.4 Å². The topological polar surface area (TPSA) is 26.3 Å². The van der Waals surface area contributed by atoms with Crippen LogP contribution in [0.4, 0.5) is 0 Å². The smallest absolute Gasteiger partial charge is 0.309 e. The minimum absolute atomic E-state index is 0.0815. The molecule has 0 N–H and O–H groups in total. The number of ether oxygens (including phenoxy) is 1. The number of rotatable bonds is 0. The monoisotopic (exact) mass is 236 g/mol. The molecule has 0 aromatic rings. The van der Waals surface area contributed by atoms with Crippen LogP contribution in [0.15, 0.2) is 0 Å². The Kier molecular flexibility index (Phi) is 2.37. The number of cyclic esters (lactones) is 1. The Bertz CT molecular complexity index is 347. The SMILES string of the molecule is CC1(C)CCC[C@@]2(C)C1CC[C@@H]1C(=O)OC[C@@H]12. The molecular weight excluding hydrogens is 212 g/mol. The molecule has 1 saturated heterocycles. The van der Waals surface area contributed by atoms with Gasteiger partial charge in [-0.15, -0.1) is 0 Å². The Morgan fingerprint density at radius 3 is 2.71 bits per heavy atom. The summed E-state index contributed by atoms with van der Waals surface area (Å²) in [4.78, 5) is 11.8. The van der Waals surface area contributed by atoms with Crippen molar-refractivity contribution in [2.75, 3.05) is 6.61 Å². The van der Waals surface area contributed by atoms with Crippen molar-refractivity contribution in [3.8, 4) is 0 Å². The Morgan fingerprint density at radius 1 is 1.18 bits per heavy atom. The van der Waals surface area contributed by atoms with E-state index >= 15 is 0 Å². The molecule has 0 bridgehead atoms.